The van der Waals surface area contributed by atoms with Gasteiger partial charge in [-0.05, 0) is 17.0 Å². The monoisotopic (exact) mass is 387 g/mol. The van der Waals surface area contributed by atoms with E-state index in [1.807, 2.05) is 17.5 Å². The van der Waals surface area contributed by atoms with Crippen LogP contribution in [0.5, 0.6) is 0 Å². The van der Waals surface area contributed by atoms with Crippen molar-refractivity contribution in [3.05, 3.63) is 62.3 Å². The lowest BCUT2D eigenvalue weighted by Gasteiger charge is -2.18. The molecule has 8 heteroatoms. The van der Waals surface area contributed by atoms with Crippen molar-refractivity contribution in [2.75, 3.05) is 5.32 Å². The van der Waals surface area contributed by atoms with Crippen molar-refractivity contribution in [2.45, 2.75) is 26.2 Å². The van der Waals surface area contributed by atoms with Crippen LogP contribution in [0.1, 0.15) is 36.0 Å². The molecule has 1 amide bonds. The average molecular weight is 387 g/mol. The second-order valence-corrected chi connectivity index (χ2v) is 8.63. The lowest BCUT2D eigenvalue weighted by molar-refractivity contribution is -0.380. The SMILES string of the molecule is CC(C)(C)c1ccc(-c2csc(NC(=O)c3ccc([N+](=O)[O-])s3)n2)cc1. The Labute approximate surface area is 158 Å². The first kappa shape index (κ1) is 18.2. The van der Waals surface area contributed by atoms with Gasteiger partial charge in [0.2, 0.25) is 0 Å². The predicted molar refractivity (Wildman–Crippen MR) is 105 cm³/mol. The lowest BCUT2D eigenvalue weighted by Crippen LogP contribution is -2.10. The van der Waals surface area contributed by atoms with Crippen LogP contribution < -0.4 is 5.32 Å². The van der Waals surface area contributed by atoms with Crippen LogP contribution in [0.3, 0.4) is 0 Å². The summed E-state index contributed by atoms with van der Waals surface area (Å²) in [6.07, 6.45) is 0. The van der Waals surface area contributed by atoms with E-state index in [0.717, 1.165) is 22.6 Å². The quantitative estimate of drug-likeness (QED) is 0.484. The van der Waals surface area contributed by atoms with Crippen molar-refractivity contribution in [1.29, 1.82) is 0 Å². The second kappa shape index (κ2) is 6.97. The molecule has 0 unspecified atom stereocenters. The van der Waals surface area contributed by atoms with Crippen molar-refractivity contribution in [1.82, 2.24) is 4.98 Å². The standard InChI is InChI=1S/C18H17N3O3S2/c1-18(2,3)12-6-4-11(5-7-12)13-10-25-17(19-13)20-16(22)14-8-9-15(26-14)21(23)24/h4-10H,1-3H3,(H,19,20,22). The molecule has 0 fully saturated rings. The molecule has 134 valence electrons. The minimum Gasteiger partial charge on any atom is -0.297 e. The molecule has 1 aromatic carbocycles. The van der Waals surface area contributed by atoms with Crippen molar-refractivity contribution in [3.8, 4) is 11.3 Å². The van der Waals surface area contributed by atoms with Gasteiger partial charge in [0.1, 0.15) is 0 Å². The number of rotatable bonds is 4. The Kier molecular flexibility index (Phi) is 4.88. The van der Waals surface area contributed by atoms with Crippen molar-refractivity contribution in [3.63, 3.8) is 0 Å². The van der Waals surface area contributed by atoms with E-state index < -0.39 is 10.8 Å². The average Bonchev–Trinajstić information content (AvgIpc) is 3.23. The molecule has 26 heavy (non-hydrogen) atoms. The maximum atomic E-state index is 12.2. The van der Waals surface area contributed by atoms with E-state index in [-0.39, 0.29) is 15.3 Å². The Bertz CT molecular complexity index is 953. The van der Waals surface area contributed by atoms with Crippen LogP contribution in [0.4, 0.5) is 10.1 Å². The van der Waals surface area contributed by atoms with Gasteiger partial charge in [-0.25, -0.2) is 4.98 Å². The molecule has 0 radical (unpaired) electrons. The molecular formula is C18H17N3O3S2. The van der Waals surface area contributed by atoms with Crippen molar-refractivity contribution < 1.29 is 9.72 Å². The third-order valence-electron chi connectivity index (χ3n) is 3.77. The van der Waals surface area contributed by atoms with Gasteiger partial charge in [-0.15, -0.1) is 11.3 Å². The number of amides is 1. The molecule has 0 spiro atoms. The topological polar surface area (TPSA) is 85.1 Å². The van der Waals surface area contributed by atoms with Crippen LogP contribution in [-0.4, -0.2) is 15.8 Å². The van der Waals surface area contributed by atoms with Gasteiger partial charge < -0.3 is 0 Å². The molecule has 0 aliphatic rings. The number of aromatic nitrogens is 1. The smallest absolute Gasteiger partial charge is 0.297 e. The Morgan fingerprint density at radius 3 is 2.42 bits per heavy atom. The molecule has 0 aliphatic carbocycles. The van der Waals surface area contributed by atoms with Crippen LogP contribution in [-0.2, 0) is 5.41 Å². The number of carbonyl (C=O) groups excluding carboxylic acids is 1. The van der Waals surface area contributed by atoms with Gasteiger partial charge in [0, 0.05) is 17.0 Å². The number of nitrogens with one attached hydrogen (secondary N) is 1. The zero-order valence-electron chi connectivity index (χ0n) is 14.5. The predicted octanol–water partition coefficient (Wildman–Crippen LogP) is 5.33. The summed E-state index contributed by atoms with van der Waals surface area (Å²) < 4.78 is 0. The second-order valence-electron chi connectivity index (χ2n) is 6.71. The maximum absolute atomic E-state index is 12.2. The molecule has 0 saturated carbocycles. The van der Waals surface area contributed by atoms with E-state index in [4.69, 9.17) is 0 Å². The highest BCUT2D eigenvalue weighted by Crippen LogP contribution is 2.29. The number of hydrogen-bond acceptors (Lipinski definition) is 6. The van der Waals surface area contributed by atoms with E-state index in [1.54, 1.807) is 0 Å². The largest absolute Gasteiger partial charge is 0.324 e. The Morgan fingerprint density at radius 2 is 1.85 bits per heavy atom. The number of thiophene rings is 1. The highest BCUT2D eigenvalue weighted by atomic mass is 32.1. The molecule has 2 heterocycles. The number of carbonyl (C=O) groups is 1. The van der Waals surface area contributed by atoms with Gasteiger partial charge in [-0.1, -0.05) is 56.4 Å². The third kappa shape index (κ3) is 3.97. The Hall–Kier alpha value is -2.58. The van der Waals surface area contributed by atoms with Gasteiger partial charge in [-0.2, -0.15) is 0 Å². The first-order valence-corrected chi connectivity index (χ1v) is 9.56. The van der Waals surface area contributed by atoms with Gasteiger partial charge >= 0.3 is 5.00 Å². The zero-order valence-corrected chi connectivity index (χ0v) is 16.1. The Balaban J connectivity index is 1.73. The number of thiazole rings is 1. The van der Waals surface area contributed by atoms with Crippen molar-refractivity contribution >= 4 is 38.7 Å². The van der Waals surface area contributed by atoms with Crippen LogP contribution in [0.15, 0.2) is 41.8 Å². The van der Waals surface area contributed by atoms with Gasteiger partial charge in [-0.3, -0.25) is 20.2 Å². The third-order valence-corrected chi connectivity index (χ3v) is 5.56. The normalized spacial score (nSPS) is 11.3. The molecule has 0 bridgehead atoms. The molecule has 3 aromatic rings. The molecule has 0 aliphatic heterocycles. The summed E-state index contributed by atoms with van der Waals surface area (Å²) in [7, 11) is 0. The van der Waals surface area contributed by atoms with Gasteiger partial charge in [0.15, 0.2) is 5.13 Å². The van der Waals surface area contributed by atoms with E-state index in [0.29, 0.717) is 5.13 Å². The van der Waals surface area contributed by atoms with Crippen LogP contribution in [0.2, 0.25) is 0 Å². The van der Waals surface area contributed by atoms with Crippen LogP contribution in [0, 0.1) is 10.1 Å². The van der Waals surface area contributed by atoms with Crippen molar-refractivity contribution in [2.24, 2.45) is 0 Å². The highest BCUT2D eigenvalue weighted by molar-refractivity contribution is 7.17. The fourth-order valence-electron chi connectivity index (χ4n) is 2.31. The number of anilines is 1. The van der Waals surface area contributed by atoms with Crippen LogP contribution in [0.25, 0.3) is 11.3 Å². The molecular weight excluding hydrogens is 370 g/mol. The first-order valence-electron chi connectivity index (χ1n) is 7.86. The minimum absolute atomic E-state index is 0.0612. The lowest BCUT2D eigenvalue weighted by atomic mass is 9.86. The summed E-state index contributed by atoms with van der Waals surface area (Å²) in [5, 5.41) is 15.7. The number of nitro groups is 1. The van der Waals surface area contributed by atoms with E-state index in [9.17, 15) is 14.9 Å². The van der Waals surface area contributed by atoms with Gasteiger partial charge in [0.05, 0.1) is 15.5 Å². The zero-order chi connectivity index (χ0) is 18.9. The van der Waals surface area contributed by atoms with E-state index in [1.165, 1.54) is 29.0 Å². The fourth-order valence-corrected chi connectivity index (χ4v) is 3.74. The minimum atomic E-state index is -0.510. The molecule has 1 N–H and O–H groups in total. The number of hydrogen-bond donors (Lipinski definition) is 1. The van der Waals surface area contributed by atoms with E-state index in [2.05, 4.69) is 43.2 Å². The summed E-state index contributed by atoms with van der Waals surface area (Å²) >= 11 is 2.16. The summed E-state index contributed by atoms with van der Waals surface area (Å²) in [6.45, 7) is 6.48. The van der Waals surface area contributed by atoms with Crippen LogP contribution >= 0.6 is 22.7 Å². The van der Waals surface area contributed by atoms with Gasteiger partial charge in [0.25, 0.3) is 5.91 Å². The number of nitrogens with zero attached hydrogens (tertiary/aromatic N) is 2. The summed E-state index contributed by atoms with van der Waals surface area (Å²) in [6, 6.07) is 11.0. The first-order chi connectivity index (χ1) is 12.2. The molecule has 3 rings (SSSR count). The molecule has 6 nitrogen and oxygen atoms in total. The summed E-state index contributed by atoms with van der Waals surface area (Å²) in [5.74, 6) is -0.396. The summed E-state index contributed by atoms with van der Waals surface area (Å²) in [5.41, 5.74) is 3.08. The van der Waals surface area contributed by atoms with E-state index >= 15 is 0 Å². The Morgan fingerprint density at radius 1 is 1.15 bits per heavy atom. The summed E-state index contributed by atoms with van der Waals surface area (Å²) in [4.78, 5) is 27.1. The maximum Gasteiger partial charge on any atom is 0.324 e. The molecule has 0 saturated heterocycles. The fraction of sp³-hybridized carbons (Fsp3) is 0.222. The molecule has 0 atom stereocenters. The highest BCUT2D eigenvalue weighted by Gasteiger charge is 2.17. The molecule has 2 aromatic heterocycles. The number of benzene rings is 1.